The van der Waals surface area contributed by atoms with Crippen LogP contribution < -0.4 is 0 Å². The minimum absolute atomic E-state index is 0.196. The first-order chi connectivity index (χ1) is 9.77. The van der Waals surface area contributed by atoms with Crippen LogP contribution in [0.3, 0.4) is 0 Å². The fraction of sp³-hybridized carbons (Fsp3) is 0.143. The van der Waals surface area contributed by atoms with E-state index in [1.807, 2.05) is 0 Å². The van der Waals surface area contributed by atoms with Gasteiger partial charge in [-0.15, -0.1) is 0 Å². The zero-order valence-corrected chi connectivity index (χ0v) is 12.3. The highest BCUT2D eigenvalue weighted by Crippen LogP contribution is 2.28. The lowest BCUT2D eigenvalue weighted by atomic mass is 10.1. The molecule has 0 aliphatic heterocycles. The zero-order valence-electron chi connectivity index (χ0n) is 11.5. The molecule has 0 aromatic heterocycles. The van der Waals surface area contributed by atoms with Gasteiger partial charge in [0.05, 0.1) is 16.3 Å². The minimum atomic E-state index is -4.20. The maximum Gasteiger partial charge on any atom is 0.294 e. The van der Waals surface area contributed by atoms with Crippen molar-refractivity contribution >= 4 is 21.5 Å². The number of aryl methyl sites for hydroxylation is 2. The summed E-state index contributed by atoms with van der Waals surface area (Å²) in [5.74, 6) is 0.198. The van der Waals surface area contributed by atoms with Gasteiger partial charge in [-0.2, -0.15) is 18.6 Å². The van der Waals surface area contributed by atoms with Crippen molar-refractivity contribution in [2.24, 2.45) is 10.2 Å². The maximum atomic E-state index is 10.9. The molecule has 0 bridgehead atoms. The average Bonchev–Trinajstić information content (AvgIpc) is 2.41. The third-order valence-corrected chi connectivity index (χ3v) is 3.79. The molecule has 0 unspecified atom stereocenters. The summed E-state index contributed by atoms with van der Waals surface area (Å²) in [5, 5.41) is 17.6. The predicted molar refractivity (Wildman–Crippen MR) is 78.0 cm³/mol. The maximum absolute atomic E-state index is 10.9. The molecular weight excluding hydrogens is 292 g/mol. The fourth-order valence-corrected chi connectivity index (χ4v) is 2.17. The first-order valence-corrected chi connectivity index (χ1v) is 7.51. The van der Waals surface area contributed by atoms with Gasteiger partial charge in [0.15, 0.2) is 0 Å². The number of nitrogens with zero attached hydrogens (tertiary/aromatic N) is 2. The number of hydrogen-bond donors (Lipinski definition) is 2. The molecule has 0 aliphatic carbocycles. The molecule has 0 fully saturated rings. The lowest BCUT2D eigenvalue weighted by Gasteiger charge is -2.03. The SMILES string of the molecule is Cc1cc(N=Nc2ccc(S(=O)(=O)O)cc2)c(C)cc1O. The highest BCUT2D eigenvalue weighted by molar-refractivity contribution is 7.85. The lowest BCUT2D eigenvalue weighted by Crippen LogP contribution is -1.96. The zero-order chi connectivity index (χ0) is 15.6. The monoisotopic (exact) mass is 306 g/mol. The summed E-state index contributed by atoms with van der Waals surface area (Å²) in [6.07, 6.45) is 0. The van der Waals surface area contributed by atoms with E-state index in [1.54, 1.807) is 26.0 Å². The molecule has 0 spiro atoms. The van der Waals surface area contributed by atoms with Crippen LogP contribution in [-0.4, -0.2) is 18.1 Å². The van der Waals surface area contributed by atoms with Gasteiger partial charge >= 0.3 is 0 Å². The van der Waals surface area contributed by atoms with Crippen molar-refractivity contribution in [3.8, 4) is 5.75 Å². The quantitative estimate of drug-likeness (QED) is 0.667. The number of aromatic hydroxyl groups is 1. The molecule has 0 aliphatic rings. The number of phenolic OH excluding ortho intramolecular Hbond substituents is 1. The van der Waals surface area contributed by atoms with E-state index < -0.39 is 10.1 Å². The largest absolute Gasteiger partial charge is 0.508 e. The lowest BCUT2D eigenvalue weighted by molar-refractivity contribution is 0.470. The van der Waals surface area contributed by atoms with Crippen LogP contribution in [0.5, 0.6) is 5.75 Å². The summed E-state index contributed by atoms with van der Waals surface area (Å²) in [4.78, 5) is -0.196. The Labute approximate surface area is 122 Å². The van der Waals surface area contributed by atoms with Gasteiger partial charge in [0, 0.05) is 0 Å². The molecule has 0 heterocycles. The Bertz CT molecular complexity index is 796. The van der Waals surface area contributed by atoms with Crippen molar-refractivity contribution < 1.29 is 18.1 Å². The molecule has 0 saturated carbocycles. The Morgan fingerprint density at radius 2 is 1.57 bits per heavy atom. The summed E-state index contributed by atoms with van der Waals surface area (Å²) >= 11 is 0. The molecule has 0 amide bonds. The molecule has 110 valence electrons. The van der Waals surface area contributed by atoms with Gasteiger partial charge in [0.2, 0.25) is 0 Å². The number of azo groups is 1. The Morgan fingerprint density at radius 1 is 0.952 bits per heavy atom. The van der Waals surface area contributed by atoms with Gasteiger partial charge in [-0.3, -0.25) is 4.55 Å². The highest BCUT2D eigenvalue weighted by atomic mass is 32.2. The second-order valence-corrected chi connectivity index (χ2v) is 6.02. The Morgan fingerprint density at radius 3 is 2.14 bits per heavy atom. The average molecular weight is 306 g/mol. The number of rotatable bonds is 3. The summed E-state index contributed by atoms with van der Waals surface area (Å²) in [7, 11) is -4.20. The van der Waals surface area contributed by atoms with E-state index in [0.717, 1.165) is 5.56 Å². The normalized spacial score (nSPS) is 12.0. The van der Waals surface area contributed by atoms with E-state index in [-0.39, 0.29) is 10.6 Å². The van der Waals surface area contributed by atoms with Crippen LogP contribution in [0.2, 0.25) is 0 Å². The van der Waals surface area contributed by atoms with E-state index in [0.29, 0.717) is 16.9 Å². The molecule has 21 heavy (non-hydrogen) atoms. The molecule has 2 N–H and O–H groups in total. The second kappa shape index (κ2) is 5.63. The van der Waals surface area contributed by atoms with Crippen LogP contribution in [0.15, 0.2) is 51.5 Å². The Kier molecular flexibility index (Phi) is 4.06. The molecule has 2 aromatic carbocycles. The van der Waals surface area contributed by atoms with Gasteiger partial charge < -0.3 is 5.11 Å². The van der Waals surface area contributed by atoms with Crippen molar-refractivity contribution in [2.75, 3.05) is 0 Å². The van der Waals surface area contributed by atoms with Crippen LogP contribution in [0.25, 0.3) is 0 Å². The molecule has 0 atom stereocenters. The van der Waals surface area contributed by atoms with Crippen molar-refractivity contribution in [1.82, 2.24) is 0 Å². The summed E-state index contributed by atoms with van der Waals surface area (Å²) < 4.78 is 30.7. The molecule has 7 heteroatoms. The minimum Gasteiger partial charge on any atom is -0.508 e. The molecule has 0 saturated heterocycles. The molecule has 6 nitrogen and oxygen atoms in total. The van der Waals surface area contributed by atoms with E-state index in [1.165, 1.54) is 24.3 Å². The first-order valence-electron chi connectivity index (χ1n) is 6.07. The van der Waals surface area contributed by atoms with Crippen LogP contribution in [0.1, 0.15) is 11.1 Å². The number of benzene rings is 2. The van der Waals surface area contributed by atoms with Gasteiger partial charge in [0.25, 0.3) is 10.1 Å². The highest BCUT2D eigenvalue weighted by Gasteiger charge is 2.08. The van der Waals surface area contributed by atoms with Gasteiger partial charge in [0.1, 0.15) is 5.75 Å². The number of phenols is 1. The van der Waals surface area contributed by atoms with Gasteiger partial charge in [-0.25, -0.2) is 0 Å². The van der Waals surface area contributed by atoms with Gasteiger partial charge in [-0.05, 0) is 61.4 Å². The summed E-state index contributed by atoms with van der Waals surface area (Å²) in [6.45, 7) is 3.56. The van der Waals surface area contributed by atoms with E-state index >= 15 is 0 Å². The third kappa shape index (κ3) is 3.65. The summed E-state index contributed by atoms with van der Waals surface area (Å²) in [6, 6.07) is 8.69. The third-order valence-electron chi connectivity index (χ3n) is 2.92. The van der Waals surface area contributed by atoms with Crippen LogP contribution in [-0.2, 0) is 10.1 Å². The van der Waals surface area contributed by atoms with Crippen molar-refractivity contribution in [2.45, 2.75) is 18.7 Å². The summed E-state index contributed by atoms with van der Waals surface area (Å²) in [5.41, 5.74) is 2.53. The van der Waals surface area contributed by atoms with Crippen molar-refractivity contribution in [3.05, 3.63) is 47.5 Å². The fourth-order valence-electron chi connectivity index (χ4n) is 1.69. The Balaban J connectivity index is 2.28. The number of hydrogen-bond acceptors (Lipinski definition) is 5. The van der Waals surface area contributed by atoms with Crippen LogP contribution >= 0.6 is 0 Å². The molecular formula is C14H14N2O4S. The molecule has 2 rings (SSSR count). The standard InChI is InChI=1S/C14H14N2O4S/c1-9-8-14(17)10(2)7-13(9)16-15-11-3-5-12(6-4-11)21(18,19)20/h3-8,17H,1-2H3,(H,18,19,20). The van der Waals surface area contributed by atoms with E-state index in [2.05, 4.69) is 10.2 Å². The van der Waals surface area contributed by atoms with Crippen molar-refractivity contribution in [1.29, 1.82) is 0 Å². The van der Waals surface area contributed by atoms with E-state index in [9.17, 15) is 13.5 Å². The topological polar surface area (TPSA) is 99.3 Å². The smallest absolute Gasteiger partial charge is 0.294 e. The van der Waals surface area contributed by atoms with Gasteiger partial charge in [-0.1, -0.05) is 0 Å². The molecule has 0 radical (unpaired) electrons. The van der Waals surface area contributed by atoms with Crippen molar-refractivity contribution in [3.63, 3.8) is 0 Å². The Hall–Kier alpha value is -2.25. The second-order valence-electron chi connectivity index (χ2n) is 4.59. The van der Waals surface area contributed by atoms with Crippen LogP contribution in [0.4, 0.5) is 11.4 Å². The predicted octanol–water partition coefficient (Wildman–Crippen LogP) is 3.67. The molecule has 2 aromatic rings. The first kappa shape index (κ1) is 15.1. The van der Waals surface area contributed by atoms with E-state index in [4.69, 9.17) is 4.55 Å². The van der Waals surface area contributed by atoms with Crippen LogP contribution in [0, 0.1) is 13.8 Å².